The van der Waals surface area contributed by atoms with Crippen molar-refractivity contribution in [3.8, 4) is 45.4 Å². The third-order valence-electron chi connectivity index (χ3n) is 9.85. The van der Waals surface area contributed by atoms with Gasteiger partial charge >= 0.3 is 6.03 Å². The highest BCUT2D eigenvalue weighted by Gasteiger charge is 2.33. The largest absolute Gasteiger partial charge is 0.480 e. The van der Waals surface area contributed by atoms with E-state index in [-0.39, 0.29) is 24.0 Å². The molecule has 3 aliphatic heterocycles. The number of aromatic nitrogens is 4. The first kappa shape index (κ1) is 34.9. The quantitative estimate of drug-likeness (QED) is 0.186. The SMILES string of the molecule is COc1nc(-c2cccc(-c3cccc(-c4cnc(CN5CCC(N6CCNC6=O)C5)c(OC)n4)c3Cl)c2Cl)cnc1CCC[C@@H]1CCC(=O)N1. The number of hydrogen-bond donors (Lipinski definition) is 2. The second kappa shape index (κ2) is 15.4. The molecule has 51 heavy (non-hydrogen) atoms. The van der Waals surface area contributed by atoms with E-state index in [0.29, 0.717) is 70.3 Å². The minimum absolute atomic E-state index is 0.0125. The Hall–Kier alpha value is -4.52. The molecule has 2 aromatic carbocycles. The van der Waals surface area contributed by atoms with Crippen molar-refractivity contribution in [2.24, 2.45) is 0 Å². The number of nitrogens with zero attached hydrogens (tertiary/aromatic N) is 6. The molecule has 2 aromatic heterocycles. The summed E-state index contributed by atoms with van der Waals surface area (Å²) in [5.41, 5.74) is 5.49. The molecule has 3 saturated heterocycles. The number of amides is 3. The van der Waals surface area contributed by atoms with Gasteiger partial charge in [-0.1, -0.05) is 59.6 Å². The van der Waals surface area contributed by atoms with E-state index in [1.165, 1.54) is 0 Å². The van der Waals surface area contributed by atoms with Gasteiger partial charge in [0.15, 0.2) is 0 Å². The summed E-state index contributed by atoms with van der Waals surface area (Å²) >= 11 is 14.2. The van der Waals surface area contributed by atoms with Gasteiger partial charge in [0.2, 0.25) is 17.7 Å². The number of methoxy groups -OCH3 is 2. The minimum Gasteiger partial charge on any atom is -0.480 e. The van der Waals surface area contributed by atoms with E-state index in [0.717, 1.165) is 67.8 Å². The smallest absolute Gasteiger partial charge is 0.317 e. The molecule has 2 atom stereocenters. The molecule has 3 amide bonds. The van der Waals surface area contributed by atoms with Crippen molar-refractivity contribution in [1.29, 1.82) is 0 Å². The van der Waals surface area contributed by atoms with E-state index < -0.39 is 0 Å². The summed E-state index contributed by atoms with van der Waals surface area (Å²) in [5.74, 6) is 0.998. The second-order valence-electron chi connectivity index (χ2n) is 13.1. The van der Waals surface area contributed by atoms with E-state index in [1.54, 1.807) is 26.6 Å². The van der Waals surface area contributed by atoms with Gasteiger partial charge in [0.05, 0.1) is 48.0 Å². The zero-order chi connectivity index (χ0) is 35.5. The van der Waals surface area contributed by atoms with Crippen molar-refractivity contribution in [2.45, 2.75) is 57.2 Å². The van der Waals surface area contributed by atoms with Crippen molar-refractivity contribution >= 4 is 35.1 Å². The lowest BCUT2D eigenvalue weighted by atomic mass is 9.98. The van der Waals surface area contributed by atoms with Crippen LogP contribution < -0.4 is 20.1 Å². The second-order valence-corrected chi connectivity index (χ2v) is 13.8. The van der Waals surface area contributed by atoms with E-state index in [2.05, 4.69) is 15.5 Å². The Labute approximate surface area is 306 Å². The summed E-state index contributed by atoms with van der Waals surface area (Å²) in [6, 6.07) is 11.9. The van der Waals surface area contributed by atoms with Gasteiger partial charge in [-0.3, -0.25) is 19.7 Å². The number of urea groups is 1. The Morgan fingerprint density at radius 3 is 2.06 bits per heavy atom. The lowest BCUT2D eigenvalue weighted by molar-refractivity contribution is -0.119. The van der Waals surface area contributed by atoms with Crippen LogP contribution in [0, 0.1) is 0 Å². The molecular formula is C37H40Cl2N8O4. The molecular weight excluding hydrogens is 691 g/mol. The van der Waals surface area contributed by atoms with Crippen LogP contribution in [0.25, 0.3) is 33.6 Å². The van der Waals surface area contributed by atoms with Gasteiger partial charge in [-0.05, 0) is 32.1 Å². The predicted molar refractivity (Wildman–Crippen MR) is 195 cm³/mol. The normalized spacial score (nSPS) is 19.0. The summed E-state index contributed by atoms with van der Waals surface area (Å²) < 4.78 is 11.3. The molecule has 0 aliphatic carbocycles. The summed E-state index contributed by atoms with van der Waals surface area (Å²) in [7, 11) is 3.17. The van der Waals surface area contributed by atoms with Crippen molar-refractivity contribution in [1.82, 2.24) is 40.4 Å². The van der Waals surface area contributed by atoms with Gasteiger partial charge in [0, 0.05) is 73.5 Å². The van der Waals surface area contributed by atoms with Crippen molar-refractivity contribution in [3.63, 3.8) is 0 Å². The molecule has 12 nitrogen and oxygen atoms in total. The third-order valence-corrected chi connectivity index (χ3v) is 10.7. The fourth-order valence-corrected chi connectivity index (χ4v) is 7.85. The molecule has 0 saturated carbocycles. The summed E-state index contributed by atoms with van der Waals surface area (Å²) in [5, 5.41) is 6.86. The fraction of sp³-hybridized carbons (Fsp3) is 0.405. The number of benzene rings is 2. The van der Waals surface area contributed by atoms with Crippen LogP contribution in [0.15, 0.2) is 48.8 Å². The molecule has 3 fully saturated rings. The Morgan fingerprint density at radius 1 is 0.843 bits per heavy atom. The zero-order valence-corrected chi connectivity index (χ0v) is 30.1. The van der Waals surface area contributed by atoms with Gasteiger partial charge in [-0.2, -0.15) is 0 Å². The Balaban J connectivity index is 1.09. The Morgan fingerprint density at radius 2 is 1.47 bits per heavy atom. The maximum absolute atomic E-state index is 12.2. The summed E-state index contributed by atoms with van der Waals surface area (Å²) in [4.78, 5) is 46.9. The standard InChI is InChI=1S/C37H40Cl2N8O4/c1-50-35-28(11-3-6-22-12-13-32(48)43-22)41-18-29(44-35)26-9-4-7-24(33(26)38)25-8-5-10-27(34(25)39)30-19-42-31(36(45-30)51-2)21-46-16-14-23(20-46)47-17-15-40-37(47)49/h4-5,7-10,18-19,22-23H,3,6,11-17,20-21H2,1-2H3,(H,40,49)(H,43,48)/t22-,23?/m1/s1. The first-order chi connectivity index (χ1) is 24.8. The highest BCUT2D eigenvalue weighted by Crippen LogP contribution is 2.42. The maximum atomic E-state index is 12.2. The number of carbonyl (C=O) groups is 2. The monoisotopic (exact) mass is 730 g/mol. The van der Waals surface area contributed by atoms with Crippen LogP contribution >= 0.6 is 23.2 Å². The highest BCUT2D eigenvalue weighted by atomic mass is 35.5. The molecule has 4 aromatic rings. The predicted octanol–water partition coefficient (Wildman–Crippen LogP) is 5.79. The highest BCUT2D eigenvalue weighted by molar-refractivity contribution is 6.39. The zero-order valence-electron chi connectivity index (χ0n) is 28.6. The van der Waals surface area contributed by atoms with E-state index in [4.69, 9.17) is 52.6 Å². The summed E-state index contributed by atoms with van der Waals surface area (Å²) in [6.07, 6.45) is 8.25. The van der Waals surface area contributed by atoms with Crippen LogP contribution in [0.5, 0.6) is 11.8 Å². The Kier molecular flexibility index (Phi) is 10.5. The van der Waals surface area contributed by atoms with Crippen molar-refractivity contribution in [3.05, 3.63) is 70.2 Å². The maximum Gasteiger partial charge on any atom is 0.317 e. The van der Waals surface area contributed by atoms with Crippen LogP contribution in [-0.2, 0) is 17.8 Å². The number of halogens is 2. The number of rotatable bonds is 12. The topological polar surface area (TPSA) is 135 Å². The number of carbonyl (C=O) groups excluding carboxylic acids is 2. The number of aryl methyl sites for hydroxylation is 1. The average Bonchev–Trinajstić information content (AvgIpc) is 3.90. The molecule has 0 spiro atoms. The van der Waals surface area contributed by atoms with E-state index >= 15 is 0 Å². The number of hydrogen-bond acceptors (Lipinski definition) is 9. The number of ether oxygens (including phenoxy) is 2. The molecule has 3 aliphatic rings. The lowest BCUT2D eigenvalue weighted by Gasteiger charge is -2.23. The van der Waals surface area contributed by atoms with Crippen molar-refractivity contribution in [2.75, 3.05) is 40.4 Å². The third kappa shape index (κ3) is 7.44. The van der Waals surface area contributed by atoms with Gasteiger partial charge in [0.25, 0.3) is 0 Å². The van der Waals surface area contributed by atoms with Crippen LogP contribution in [0.2, 0.25) is 10.0 Å². The first-order valence-corrected chi connectivity index (χ1v) is 18.0. The minimum atomic E-state index is 0.0125. The molecule has 266 valence electrons. The van der Waals surface area contributed by atoms with Crippen LogP contribution in [0.1, 0.15) is 43.5 Å². The van der Waals surface area contributed by atoms with E-state index in [9.17, 15) is 9.59 Å². The van der Waals surface area contributed by atoms with Crippen LogP contribution in [0.3, 0.4) is 0 Å². The van der Waals surface area contributed by atoms with Crippen molar-refractivity contribution < 1.29 is 19.1 Å². The van der Waals surface area contributed by atoms with E-state index in [1.807, 2.05) is 41.3 Å². The van der Waals surface area contributed by atoms with Crippen LogP contribution in [0.4, 0.5) is 4.79 Å². The molecule has 5 heterocycles. The molecule has 1 unspecified atom stereocenters. The molecule has 0 bridgehead atoms. The lowest BCUT2D eigenvalue weighted by Crippen LogP contribution is -2.39. The van der Waals surface area contributed by atoms with Crippen LogP contribution in [-0.4, -0.2) is 94.2 Å². The average molecular weight is 732 g/mol. The fourth-order valence-electron chi connectivity index (χ4n) is 7.20. The Bertz CT molecular complexity index is 1940. The number of nitrogens with one attached hydrogen (secondary N) is 2. The molecule has 14 heteroatoms. The molecule has 0 radical (unpaired) electrons. The van der Waals surface area contributed by atoms with Gasteiger partial charge in [0.1, 0.15) is 11.4 Å². The van der Waals surface area contributed by atoms with Gasteiger partial charge < -0.3 is 25.0 Å². The summed E-state index contributed by atoms with van der Waals surface area (Å²) in [6.45, 7) is 3.64. The number of likely N-dealkylation sites (tertiary alicyclic amines) is 1. The molecule has 7 rings (SSSR count). The van der Waals surface area contributed by atoms with Gasteiger partial charge in [-0.25, -0.2) is 14.8 Å². The van der Waals surface area contributed by atoms with Gasteiger partial charge in [-0.15, -0.1) is 0 Å². The molecule has 2 N–H and O–H groups in total. The first-order valence-electron chi connectivity index (χ1n) is 17.3.